The summed E-state index contributed by atoms with van der Waals surface area (Å²) in [6.45, 7) is 0.169. The number of halogens is 4. The minimum Gasteiger partial charge on any atom is -0.406 e. The Labute approximate surface area is 310 Å². The van der Waals surface area contributed by atoms with Crippen LogP contribution in [0, 0.1) is 0 Å². The number of rotatable bonds is 14. The molecule has 2 fully saturated rings. The highest BCUT2D eigenvalue weighted by Gasteiger charge is 2.69. The Morgan fingerprint density at radius 2 is 1.23 bits per heavy atom. The summed E-state index contributed by atoms with van der Waals surface area (Å²) in [4.78, 5) is 0. The van der Waals surface area contributed by atoms with Crippen molar-refractivity contribution in [1.29, 1.82) is 0 Å². The molecule has 7 nitrogen and oxygen atoms in total. The van der Waals surface area contributed by atoms with Gasteiger partial charge in [-0.25, -0.2) is 0 Å². The van der Waals surface area contributed by atoms with Crippen LogP contribution in [0.3, 0.4) is 0 Å². The summed E-state index contributed by atoms with van der Waals surface area (Å²) in [6.07, 6.45) is -7.05. The summed E-state index contributed by atoms with van der Waals surface area (Å²) in [6, 6.07) is 40.1. The standard InChI is InChI=1S/C42H38ClF3O7/c43-36-21-18-34(23-33(36)22-29-16-19-35(20-17-29)52-42(44,45)46)41-39(50-26-32-14-8-3-9-15-32)37(48-24-30-10-4-1-5-11-30)38(40(27-47,53-41)28-51-41)49-25-31-12-6-2-7-13-31/h1-21,23,37-39,47H,22,24-28H2/t37-,38-,39+,40+,41?/m0/s1. The molecular formula is C42H38ClF3O7. The number of benzene rings is 5. The second-order valence-corrected chi connectivity index (χ2v) is 13.6. The molecule has 2 heterocycles. The number of ether oxygens (including phenoxy) is 6. The van der Waals surface area contributed by atoms with E-state index in [0.717, 1.165) is 16.7 Å². The molecule has 2 aliphatic rings. The molecule has 276 valence electrons. The normalized spacial score (nSPS) is 23.9. The van der Waals surface area contributed by atoms with Crippen LogP contribution in [0.4, 0.5) is 13.2 Å². The Hall–Kier alpha value is -4.26. The van der Waals surface area contributed by atoms with Gasteiger partial charge in [-0.05, 0) is 58.5 Å². The first-order chi connectivity index (χ1) is 25.7. The Balaban J connectivity index is 1.27. The number of alkyl halides is 3. The lowest BCUT2D eigenvalue weighted by atomic mass is 9.83. The Morgan fingerprint density at radius 3 is 1.77 bits per heavy atom. The highest BCUT2D eigenvalue weighted by atomic mass is 35.5. The third kappa shape index (κ3) is 8.45. The summed E-state index contributed by atoms with van der Waals surface area (Å²) < 4.78 is 76.2. The second kappa shape index (κ2) is 16.0. The molecule has 0 spiro atoms. The average molecular weight is 747 g/mol. The van der Waals surface area contributed by atoms with Crippen molar-refractivity contribution in [2.45, 2.75) is 62.3 Å². The molecule has 2 aliphatic heterocycles. The summed E-state index contributed by atoms with van der Waals surface area (Å²) >= 11 is 6.73. The van der Waals surface area contributed by atoms with Gasteiger partial charge in [-0.2, -0.15) is 0 Å². The molecule has 5 aromatic rings. The van der Waals surface area contributed by atoms with E-state index in [1.54, 1.807) is 24.3 Å². The van der Waals surface area contributed by atoms with Gasteiger partial charge in [0.05, 0.1) is 33.0 Å². The van der Waals surface area contributed by atoms with Gasteiger partial charge in [0.1, 0.15) is 29.7 Å². The van der Waals surface area contributed by atoms with Crippen molar-refractivity contribution in [3.8, 4) is 5.75 Å². The van der Waals surface area contributed by atoms with E-state index in [1.165, 1.54) is 12.1 Å². The Morgan fingerprint density at radius 1 is 0.679 bits per heavy atom. The van der Waals surface area contributed by atoms with E-state index in [-0.39, 0.29) is 38.6 Å². The predicted octanol–water partition coefficient (Wildman–Crippen LogP) is 8.53. The van der Waals surface area contributed by atoms with Crippen LogP contribution in [0.1, 0.15) is 33.4 Å². The molecule has 0 aliphatic carbocycles. The van der Waals surface area contributed by atoms with Crippen molar-refractivity contribution in [2.75, 3.05) is 13.2 Å². The Bertz CT molecular complexity index is 1930. The van der Waals surface area contributed by atoms with Gasteiger partial charge in [-0.3, -0.25) is 0 Å². The average Bonchev–Trinajstić information content (AvgIpc) is 3.53. The van der Waals surface area contributed by atoms with Crippen LogP contribution in [0.5, 0.6) is 5.75 Å². The lowest BCUT2D eigenvalue weighted by Crippen LogP contribution is -2.67. The van der Waals surface area contributed by atoms with Gasteiger partial charge < -0.3 is 33.5 Å². The monoisotopic (exact) mass is 746 g/mol. The van der Waals surface area contributed by atoms with Crippen LogP contribution in [0.2, 0.25) is 5.02 Å². The van der Waals surface area contributed by atoms with E-state index in [1.807, 2.05) is 97.1 Å². The summed E-state index contributed by atoms with van der Waals surface area (Å²) in [5, 5.41) is 11.5. The van der Waals surface area contributed by atoms with E-state index in [0.29, 0.717) is 21.7 Å². The van der Waals surface area contributed by atoms with Crippen molar-refractivity contribution in [3.05, 3.63) is 172 Å². The fourth-order valence-electron chi connectivity index (χ4n) is 6.89. The minimum atomic E-state index is -4.79. The van der Waals surface area contributed by atoms with Crippen molar-refractivity contribution in [2.24, 2.45) is 0 Å². The molecule has 11 heteroatoms. The smallest absolute Gasteiger partial charge is 0.406 e. The van der Waals surface area contributed by atoms with E-state index < -0.39 is 42.7 Å². The maximum atomic E-state index is 12.8. The van der Waals surface area contributed by atoms with Crippen LogP contribution < -0.4 is 4.74 Å². The summed E-state index contributed by atoms with van der Waals surface area (Å²) in [5.41, 5.74) is 3.38. The molecule has 0 aromatic heterocycles. The zero-order valence-corrected chi connectivity index (χ0v) is 29.3. The molecule has 0 radical (unpaired) electrons. The molecule has 1 N–H and O–H groups in total. The quantitative estimate of drug-likeness (QED) is 0.122. The van der Waals surface area contributed by atoms with E-state index in [9.17, 15) is 18.3 Å². The van der Waals surface area contributed by atoms with Gasteiger partial charge >= 0.3 is 6.36 Å². The van der Waals surface area contributed by atoms with E-state index >= 15 is 0 Å². The lowest BCUT2D eigenvalue weighted by Gasteiger charge is -2.50. The molecule has 7 rings (SSSR count). The van der Waals surface area contributed by atoms with Gasteiger partial charge in [0, 0.05) is 10.6 Å². The largest absolute Gasteiger partial charge is 0.573 e. The zero-order chi connectivity index (χ0) is 36.9. The van der Waals surface area contributed by atoms with Crippen LogP contribution in [0.15, 0.2) is 133 Å². The molecule has 1 unspecified atom stereocenters. The molecule has 2 bridgehead atoms. The topological polar surface area (TPSA) is 75.6 Å². The number of aliphatic hydroxyl groups is 1. The maximum Gasteiger partial charge on any atom is 0.573 e. The molecule has 5 atom stereocenters. The first kappa shape index (κ1) is 37.1. The van der Waals surface area contributed by atoms with Crippen LogP contribution in [-0.2, 0) is 55.7 Å². The second-order valence-electron chi connectivity index (χ2n) is 13.2. The van der Waals surface area contributed by atoms with Gasteiger partial charge in [-0.15, -0.1) is 13.2 Å². The fraction of sp³-hybridized carbons (Fsp3) is 0.286. The summed E-state index contributed by atoms with van der Waals surface area (Å²) in [5.74, 6) is -1.89. The third-order valence-corrected chi connectivity index (χ3v) is 9.84. The van der Waals surface area contributed by atoms with Gasteiger partial charge in [0.25, 0.3) is 0 Å². The fourth-order valence-corrected chi connectivity index (χ4v) is 7.07. The summed E-state index contributed by atoms with van der Waals surface area (Å²) in [7, 11) is 0. The lowest BCUT2D eigenvalue weighted by molar-refractivity contribution is -0.353. The minimum absolute atomic E-state index is 0.0298. The number of hydrogen-bond acceptors (Lipinski definition) is 7. The molecule has 0 amide bonds. The van der Waals surface area contributed by atoms with Gasteiger partial charge in [0.2, 0.25) is 5.79 Å². The predicted molar refractivity (Wildman–Crippen MR) is 191 cm³/mol. The van der Waals surface area contributed by atoms with Crippen molar-refractivity contribution in [1.82, 2.24) is 0 Å². The van der Waals surface area contributed by atoms with Crippen molar-refractivity contribution >= 4 is 11.6 Å². The molecule has 2 saturated heterocycles. The SMILES string of the molecule is OC[C@]12COC(c3ccc(Cl)c(Cc4ccc(OC(F)(F)F)cc4)c3)(O1)[C@H](OCc1ccccc1)[C@@H](OCc1ccccc1)[C@@H]2OCc1ccccc1. The van der Waals surface area contributed by atoms with Gasteiger partial charge in [-0.1, -0.05) is 121 Å². The highest BCUT2D eigenvalue weighted by molar-refractivity contribution is 6.31. The van der Waals surface area contributed by atoms with Crippen LogP contribution >= 0.6 is 11.6 Å². The molecule has 0 saturated carbocycles. The highest BCUT2D eigenvalue weighted by Crippen LogP contribution is 2.53. The number of fused-ring (bicyclic) bond motifs is 2. The third-order valence-electron chi connectivity index (χ3n) is 9.47. The van der Waals surface area contributed by atoms with Gasteiger partial charge in [0.15, 0.2) is 0 Å². The Kier molecular flexibility index (Phi) is 11.2. The van der Waals surface area contributed by atoms with Crippen LogP contribution in [-0.4, -0.2) is 48.6 Å². The van der Waals surface area contributed by atoms with E-state index in [2.05, 4.69) is 4.74 Å². The van der Waals surface area contributed by atoms with Crippen molar-refractivity contribution < 1.29 is 46.7 Å². The molecule has 53 heavy (non-hydrogen) atoms. The van der Waals surface area contributed by atoms with Crippen molar-refractivity contribution in [3.63, 3.8) is 0 Å². The zero-order valence-electron chi connectivity index (χ0n) is 28.6. The maximum absolute atomic E-state index is 12.8. The molecule has 5 aromatic carbocycles. The number of aliphatic hydroxyl groups excluding tert-OH is 1. The van der Waals surface area contributed by atoms with E-state index in [4.69, 9.17) is 35.3 Å². The first-order valence-electron chi connectivity index (χ1n) is 17.2. The van der Waals surface area contributed by atoms with Crippen LogP contribution in [0.25, 0.3) is 0 Å². The molecular weight excluding hydrogens is 709 g/mol. The number of hydrogen-bond donors (Lipinski definition) is 1. The first-order valence-corrected chi connectivity index (χ1v) is 17.6.